The summed E-state index contributed by atoms with van der Waals surface area (Å²) in [5.74, 6) is 0.875. The molecule has 0 saturated heterocycles. The summed E-state index contributed by atoms with van der Waals surface area (Å²) in [6, 6.07) is 0. The third-order valence-electron chi connectivity index (χ3n) is 1.69. The highest BCUT2D eigenvalue weighted by molar-refractivity contribution is 7.98. The molecular formula is C9H19NO2S. The molecule has 4 heteroatoms. The van der Waals surface area contributed by atoms with E-state index in [-0.39, 0.29) is 12.0 Å². The Morgan fingerprint density at radius 1 is 1.62 bits per heavy atom. The Morgan fingerprint density at radius 3 is 2.85 bits per heavy atom. The average molecular weight is 205 g/mol. The maximum atomic E-state index is 11.1. The third-order valence-corrected chi connectivity index (χ3v) is 2.30. The Morgan fingerprint density at radius 2 is 2.31 bits per heavy atom. The fourth-order valence-electron chi connectivity index (χ4n) is 0.950. The summed E-state index contributed by atoms with van der Waals surface area (Å²) in [5.41, 5.74) is 0. The highest BCUT2D eigenvalue weighted by atomic mass is 32.2. The number of carbonyl (C=O) groups is 1. The molecule has 0 aromatic rings. The van der Waals surface area contributed by atoms with E-state index in [0.29, 0.717) is 13.0 Å². The van der Waals surface area contributed by atoms with E-state index in [1.165, 1.54) is 0 Å². The molecule has 0 aromatic carbocycles. The van der Waals surface area contributed by atoms with E-state index in [2.05, 4.69) is 5.32 Å². The molecule has 1 atom stereocenters. The molecule has 2 N–H and O–H groups in total. The van der Waals surface area contributed by atoms with E-state index < -0.39 is 0 Å². The van der Waals surface area contributed by atoms with Gasteiger partial charge in [0.25, 0.3) is 0 Å². The van der Waals surface area contributed by atoms with Crippen molar-refractivity contribution in [2.75, 3.05) is 18.6 Å². The Bertz CT molecular complexity index is 142. The van der Waals surface area contributed by atoms with Crippen LogP contribution in [0.1, 0.15) is 26.2 Å². The zero-order valence-corrected chi connectivity index (χ0v) is 9.19. The van der Waals surface area contributed by atoms with Crippen LogP contribution in [-0.2, 0) is 4.79 Å². The molecule has 0 fully saturated rings. The average Bonchev–Trinajstić information content (AvgIpc) is 2.12. The lowest BCUT2D eigenvalue weighted by Crippen LogP contribution is -2.32. The van der Waals surface area contributed by atoms with Gasteiger partial charge in [-0.25, -0.2) is 0 Å². The van der Waals surface area contributed by atoms with Gasteiger partial charge in [0.15, 0.2) is 0 Å². The van der Waals surface area contributed by atoms with Gasteiger partial charge in [0.1, 0.15) is 0 Å². The van der Waals surface area contributed by atoms with Crippen LogP contribution < -0.4 is 5.32 Å². The molecule has 0 saturated carbocycles. The second kappa shape index (κ2) is 8.38. The fraction of sp³-hybridized carbons (Fsp3) is 0.889. The molecule has 1 unspecified atom stereocenters. The predicted molar refractivity (Wildman–Crippen MR) is 56.9 cm³/mol. The summed E-state index contributed by atoms with van der Waals surface area (Å²) in [7, 11) is 0. The van der Waals surface area contributed by atoms with Crippen molar-refractivity contribution in [2.24, 2.45) is 0 Å². The maximum Gasteiger partial charge on any atom is 0.220 e. The highest BCUT2D eigenvalue weighted by Crippen LogP contribution is 1.96. The smallest absolute Gasteiger partial charge is 0.220 e. The van der Waals surface area contributed by atoms with Crippen LogP contribution in [0.15, 0.2) is 0 Å². The van der Waals surface area contributed by atoms with Crippen molar-refractivity contribution in [3.05, 3.63) is 0 Å². The van der Waals surface area contributed by atoms with Gasteiger partial charge in [0.05, 0.1) is 6.10 Å². The van der Waals surface area contributed by atoms with Gasteiger partial charge in [0.2, 0.25) is 5.91 Å². The number of hydrogen-bond acceptors (Lipinski definition) is 3. The minimum absolute atomic E-state index is 0.0319. The molecule has 0 rings (SSSR count). The number of aliphatic hydroxyl groups is 1. The van der Waals surface area contributed by atoms with Gasteiger partial charge in [-0.3, -0.25) is 4.79 Å². The fourth-order valence-corrected chi connectivity index (χ4v) is 1.34. The summed E-state index contributed by atoms with van der Waals surface area (Å²) in [6.45, 7) is 2.40. The molecule has 0 radical (unpaired) electrons. The predicted octanol–water partition coefficient (Wildman–Crippen LogP) is 1.02. The first-order valence-corrected chi connectivity index (χ1v) is 6.03. The molecule has 0 aliphatic carbocycles. The molecule has 0 bridgehead atoms. The standard InChI is InChI=1S/C9H19NO2S/c1-3-4-8(11)7-10-9(12)5-6-13-2/h8,11H,3-7H2,1-2H3,(H,10,12). The maximum absolute atomic E-state index is 11.1. The number of rotatable bonds is 7. The minimum atomic E-state index is -0.386. The quantitative estimate of drug-likeness (QED) is 0.652. The van der Waals surface area contributed by atoms with Gasteiger partial charge >= 0.3 is 0 Å². The van der Waals surface area contributed by atoms with Crippen LogP contribution in [0.25, 0.3) is 0 Å². The monoisotopic (exact) mass is 205 g/mol. The van der Waals surface area contributed by atoms with Crippen molar-refractivity contribution in [2.45, 2.75) is 32.3 Å². The molecule has 78 valence electrons. The van der Waals surface area contributed by atoms with Gasteiger partial charge < -0.3 is 10.4 Å². The lowest BCUT2D eigenvalue weighted by molar-refractivity contribution is -0.121. The molecule has 0 aromatic heterocycles. The second-order valence-corrected chi connectivity index (χ2v) is 3.97. The van der Waals surface area contributed by atoms with E-state index in [9.17, 15) is 9.90 Å². The normalized spacial score (nSPS) is 12.5. The summed E-state index contributed by atoms with van der Waals surface area (Å²) in [5, 5.41) is 12.0. The highest BCUT2D eigenvalue weighted by Gasteiger charge is 2.04. The number of amides is 1. The lowest BCUT2D eigenvalue weighted by atomic mass is 10.2. The molecule has 0 aliphatic rings. The zero-order chi connectivity index (χ0) is 10.1. The molecule has 13 heavy (non-hydrogen) atoms. The van der Waals surface area contributed by atoms with Gasteiger partial charge in [-0.2, -0.15) is 11.8 Å². The van der Waals surface area contributed by atoms with E-state index in [1.54, 1.807) is 11.8 Å². The number of carbonyl (C=O) groups excluding carboxylic acids is 1. The number of thioether (sulfide) groups is 1. The van der Waals surface area contributed by atoms with E-state index in [1.807, 2.05) is 13.2 Å². The lowest BCUT2D eigenvalue weighted by Gasteiger charge is -2.10. The molecule has 3 nitrogen and oxygen atoms in total. The van der Waals surface area contributed by atoms with Crippen LogP contribution >= 0.6 is 11.8 Å². The SMILES string of the molecule is CCCC(O)CNC(=O)CCSC. The van der Waals surface area contributed by atoms with Crippen molar-refractivity contribution in [1.82, 2.24) is 5.32 Å². The third kappa shape index (κ3) is 8.12. The minimum Gasteiger partial charge on any atom is -0.391 e. The van der Waals surface area contributed by atoms with Crippen LogP contribution in [-0.4, -0.2) is 35.7 Å². The Balaban J connectivity index is 3.34. The number of nitrogens with one attached hydrogen (secondary N) is 1. The summed E-state index contributed by atoms with van der Waals surface area (Å²) in [4.78, 5) is 11.1. The molecule has 1 amide bonds. The van der Waals surface area contributed by atoms with Crippen molar-refractivity contribution in [3.8, 4) is 0 Å². The molecule has 0 aliphatic heterocycles. The van der Waals surface area contributed by atoms with Crippen LogP contribution in [0.4, 0.5) is 0 Å². The Kier molecular flexibility index (Phi) is 8.24. The number of hydrogen-bond donors (Lipinski definition) is 2. The largest absolute Gasteiger partial charge is 0.391 e. The van der Waals surface area contributed by atoms with Crippen molar-refractivity contribution < 1.29 is 9.90 Å². The van der Waals surface area contributed by atoms with Gasteiger partial charge in [0, 0.05) is 18.7 Å². The molecule has 0 heterocycles. The first-order valence-electron chi connectivity index (χ1n) is 4.64. The van der Waals surface area contributed by atoms with Crippen LogP contribution in [0.5, 0.6) is 0 Å². The Hall–Kier alpha value is -0.220. The van der Waals surface area contributed by atoms with Crippen LogP contribution in [0, 0.1) is 0 Å². The van der Waals surface area contributed by atoms with Crippen molar-refractivity contribution in [3.63, 3.8) is 0 Å². The van der Waals surface area contributed by atoms with Crippen LogP contribution in [0.3, 0.4) is 0 Å². The van der Waals surface area contributed by atoms with E-state index in [0.717, 1.165) is 18.6 Å². The van der Waals surface area contributed by atoms with Crippen LogP contribution in [0.2, 0.25) is 0 Å². The van der Waals surface area contributed by atoms with Crippen molar-refractivity contribution in [1.29, 1.82) is 0 Å². The van der Waals surface area contributed by atoms with Gasteiger partial charge in [-0.05, 0) is 12.7 Å². The first-order chi connectivity index (χ1) is 6.20. The summed E-state index contributed by atoms with van der Waals surface area (Å²) < 4.78 is 0. The number of aliphatic hydroxyl groups excluding tert-OH is 1. The van der Waals surface area contributed by atoms with Crippen molar-refractivity contribution >= 4 is 17.7 Å². The first kappa shape index (κ1) is 12.8. The molecular weight excluding hydrogens is 186 g/mol. The summed E-state index contributed by atoms with van der Waals surface area (Å²) >= 11 is 1.65. The Labute approximate surface area is 84.3 Å². The topological polar surface area (TPSA) is 49.3 Å². The van der Waals surface area contributed by atoms with Gasteiger partial charge in [-0.15, -0.1) is 0 Å². The second-order valence-electron chi connectivity index (χ2n) is 2.99. The van der Waals surface area contributed by atoms with Gasteiger partial charge in [-0.1, -0.05) is 13.3 Å². The van der Waals surface area contributed by atoms with E-state index in [4.69, 9.17) is 0 Å². The zero-order valence-electron chi connectivity index (χ0n) is 8.38. The van der Waals surface area contributed by atoms with E-state index >= 15 is 0 Å². The molecule has 0 spiro atoms. The summed E-state index contributed by atoms with van der Waals surface area (Å²) in [6.07, 6.45) is 3.83.